The van der Waals surface area contributed by atoms with Crippen LogP contribution in [0.4, 0.5) is 0 Å². The molecule has 11 heavy (non-hydrogen) atoms. The van der Waals surface area contributed by atoms with E-state index in [9.17, 15) is 0 Å². The first kappa shape index (κ1) is 8.79. The van der Waals surface area contributed by atoms with Crippen molar-refractivity contribution in [3.8, 4) is 0 Å². The van der Waals surface area contributed by atoms with Crippen LogP contribution in [-0.4, -0.2) is 7.05 Å². The van der Waals surface area contributed by atoms with Crippen molar-refractivity contribution in [1.29, 1.82) is 0 Å². The smallest absolute Gasteiger partial charge is 0.0176 e. The monoisotopic (exact) mass is 153 g/mol. The third kappa shape index (κ3) is 1.22. The summed E-state index contributed by atoms with van der Waals surface area (Å²) < 4.78 is 0. The fourth-order valence-corrected chi connectivity index (χ4v) is 2.19. The summed E-state index contributed by atoms with van der Waals surface area (Å²) in [4.78, 5) is 0. The summed E-state index contributed by atoms with van der Waals surface area (Å²) in [6.07, 6.45) is 7.55. The molecule has 0 heterocycles. The number of allylic oxidation sites excluding steroid dienone is 2. The second-order valence-corrected chi connectivity index (χ2v) is 4.02. The molecular weight excluding hydrogens is 134 g/mol. The highest BCUT2D eigenvalue weighted by atomic mass is 14.5. The lowest BCUT2D eigenvalue weighted by atomic mass is 9.51. The molecular formula is C10H19N. The van der Waals surface area contributed by atoms with E-state index in [-0.39, 0.29) is 0 Å². The van der Waals surface area contributed by atoms with Crippen molar-refractivity contribution in [3.63, 3.8) is 0 Å². The van der Waals surface area contributed by atoms with E-state index in [4.69, 9.17) is 0 Å². The Hall–Kier alpha value is -0.300. The van der Waals surface area contributed by atoms with Gasteiger partial charge in [0.25, 0.3) is 0 Å². The van der Waals surface area contributed by atoms with Crippen LogP contribution in [0.2, 0.25) is 0 Å². The van der Waals surface area contributed by atoms with E-state index < -0.39 is 0 Å². The predicted molar refractivity (Wildman–Crippen MR) is 49.2 cm³/mol. The molecule has 0 radical (unpaired) electrons. The maximum atomic E-state index is 4.50. The average Bonchev–Trinajstić information content (AvgIpc) is 2.09. The Kier molecular flexibility index (Phi) is 2.38. The van der Waals surface area contributed by atoms with E-state index in [2.05, 4.69) is 31.7 Å². The zero-order valence-corrected chi connectivity index (χ0v) is 7.80. The second kappa shape index (κ2) is 2.98. The fourth-order valence-electron chi connectivity index (χ4n) is 2.19. The van der Waals surface area contributed by atoms with Gasteiger partial charge in [0, 0.05) is 0 Å². The fraction of sp³-hybridized carbons (Fsp3) is 0.800. The van der Waals surface area contributed by atoms with Gasteiger partial charge >= 0.3 is 0 Å². The summed E-state index contributed by atoms with van der Waals surface area (Å²) in [6.45, 7) is 4.80. The summed E-state index contributed by atoms with van der Waals surface area (Å²) in [5.74, 6) is 1.92. The molecule has 3 rings (SSSR count). The Labute approximate surface area is 69.7 Å². The first-order valence-electron chi connectivity index (χ1n) is 4.45. The predicted octanol–water partition coefficient (Wildman–Crippen LogP) is 2.18. The van der Waals surface area contributed by atoms with Crippen LogP contribution in [-0.2, 0) is 0 Å². The first-order valence-corrected chi connectivity index (χ1v) is 4.45. The average molecular weight is 153 g/mol. The number of nitrogens with two attached hydrogens (primary N) is 1. The quantitative estimate of drug-likeness (QED) is 0.530. The van der Waals surface area contributed by atoms with Crippen molar-refractivity contribution in [1.82, 2.24) is 0 Å². The maximum Gasteiger partial charge on any atom is -0.0176 e. The Morgan fingerprint density at radius 3 is 2.18 bits per heavy atom. The Morgan fingerprint density at radius 1 is 1.36 bits per heavy atom. The molecule has 0 aromatic rings. The molecule has 1 heteroatoms. The normalized spacial score (nSPS) is 36.7. The molecule has 0 spiro atoms. The molecule has 0 saturated heterocycles. The van der Waals surface area contributed by atoms with Crippen molar-refractivity contribution in [2.24, 2.45) is 23.0 Å². The molecule has 3 aliphatic carbocycles. The highest BCUT2D eigenvalue weighted by Gasteiger charge is 2.47. The van der Waals surface area contributed by atoms with Crippen LogP contribution in [0.3, 0.4) is 0 Å². The molecule has 0 aliphatic heterocycles. The van der Waals surface area contributed by atoms with Gasteiger partial charge in [-0.05, 0) is 37.1 Å². The van der Waals surface area contributed by atoms with Crippen LogP contribution in [0.15, 0.2) is 12.2 Å². The number of hydrogen-bond donors (Lipinski definition) is 1. The van der Waals surface area contributed by atoms with Gasteiger partial charge < -0.3 is 5.73 Å². The van der Waals surface area contributed by atoms with Gasteiger partial charge in [-0.25, -0.2) is 0 Å². The van der Waals surface area contributed by atoms with Crippen LogP contribution in [0.1, 0.15) is 26.7 Å². The minimum Gasteiger partial charge on any atom is -0.333 e. The maximum absolute atomic E-state index is 4.50. The van der Waals surface area contributed by atoms with Crippen LogP contribution in [0, 0.1) is 17.3 Å². The van der Waals surface area contributed by atoms with E-state index >= 15 is 0 Å². The molecule has 2 N–H and O–H groups in total. The number of rotatable bonds is 0. The second-order valence-electron chi connectivity index (χ2n) is 4.02. The van der Waals surface area contributed by atoms with Crippen molar-refractivity contribution in [2.75, 3.05) is 7.05 Å². The molecule has 1 fully saturated rings. The Balaban J connectivity index is 0.000000281. The number of fused-ring (bicyclic) bond motifs is 1. The van der Waals surface area contributed by atoms with Gasteiger partial charge in [0.05, 0.1) is 0 Å². The van der Waals surface area contributed by atoms with E-state index in [1.165, 1.54) is 19.9 Å². The number of hydrogen-bond acceptors (Lipinski definition) is 1. The first-order chi connectivity index (χ1) is 5.21. The third-order valence-electron chi connectivity index (χ3n) is 3.34. The molecule has 2 atom stereocenters. The van der Waals surface area contributed by atoms with E-state index in [0.29, 0.717) is 5.41 Å². The van der Waals surface area contributed by atoms with Crippen molar-refractivity contribution in [3.05, 3.63) is 12.2 Å². The zero-order chi connectivity index (χ0) is 8.48. The van der Waals surface area contributed by atoms with Crippen molar-refractivity contribution in [2.45, 2.75) is 26.7 Å². The lowest BCUT2D eigenvalue weighted by molar-refractivity contribution is 0.00320. The molecule has 0 aromatic heterocycles. The third-order valence-corrected chi connectivity index (χ3v) is 3.34. The van der Waals surface area contributed by atoms with Gasteiger partial charge in [-0.1, -0.05) is 26.0 Å². The minimum atomic E-state index is 0.648. The molecule has 0 aromatic carbocycles. The molecule has 0 amide bonds. The summed E-state index contributed by atoms with van der Waals surface area (Å²) in [6, 6.07) is 0. The van der Waals surface area contributed by atoms with Crippen LogP contribution in [0.5, 0.6) is 0 Å². The van der Waals surface area contributed by atoms with Crippen LogP contribution in [0.25, 0.3) is 0 Å². The van der Waals surface area contributed by atoms with Crippen molar-refractivity contribution < 1.29 is 0 Å². The summed E-state index contributed by atoms with van der Waals surface area (Å²) in [7, 11) is 1.50. The Bertz CT molecular complexity index is 158. The molecule has 2 bridgehead atoms. The topological polar surface area (TPSA) is 26.0 Å². The molecule has 1 nitrogen and oxygen atoms in total. The lowest BCUT2D eigenvalue weighted by Gasteiger charge is -2.53. The van der Waals surface area contributed by atoms with Crippen molar-refractivity contribution >= 4 is 0 Å². The standard InChI is InChI=1S/C9H14.CH5N/c1-9(2)7-4-3-5-8(9)6-7;1-2/h3-4,7-8H,5-6H2,1-2H3;2H2,1H3. The van der Waals surface area contributed by atoms with E-state index in [1.54, 1.807) is 0 Å². The zero-order valence-electron chi connectivity index (χ0n) is 7.80. The van der Waals surface area contributed by atoms with E-state index in [1.807, 2.05) is 0 Å². The molecule has 64 valence electrons. The minimum absolute atomic E-state index is 0.648. The summed E-state index contributed by atoms with van der Waals surface area (Å²) in [5.41, 5.74) is 5.15. The summed E-state index contributed by atoms with van der Waals surface area (Å²) >= 11 is 0. The largest absolute Gasteiger partial charge is 0.333 e. The lowest BCUT2D eigenvalue weighted by Crippen LogP contribution is -2.45. The van der Waals surface area contributed by atoms with Gasteiger partial charge in [0.2, 0.25) is 0 Å². The molecule has 3 aliphatic rings. The highest BCUT2D eigenvalue weighted by molar-refractivity contribution is 5.12. The van der Waals surface area contributed by atoms with Gasteiger partial charge in [0.15, 0.2) is 0 Å². The van der Waals surface area contributed by atoms with Crippen LogP contribution < -0.4 is 5.73 Å². The summed E-state index contributed by atoms with van der Waals surface area (Å²) in [5, 5.41) is 0. The molecule has 1 saturated carbocycles. The SMILES string of the molecule is CC1(C)C2C=CCC1C2.CN. The van der Waals surface area contributed by atoms with E-state index in [0.717, 1.165) is 11.8 Å². The molecule has 2 unspecified atom stereocenters. The van der Waals surface area contributed by atoms with Gasteiger partial charge in [-0.3, -0.25) is 0 Å². The van der Waals surface area contributed by atoms with Gasteiger partial charge in [-0.2, -0.15) is 0 Å². The van der Waals surface area contributed by atoms with Gasteiger partial charge in [0.1, 0.15) is 0 Å². The van der Waals surface area contributed by atoms with Crippen LogP contribution >= 0.6 is 0 Å². The van der Waals surface area contributed by atoms with Gasteiger partial charge in [-0.15, -0.1) is 0 Å². The highest BCUT2D eigenvalue weighted by Crippen LogP contribution is 2.56. The Morgan fingerprint density at radius 2 is 2.00 bits per heavy atom.